The fraction of sp³-hybridized carbons (Fsp3) is 0.308. The lowest BCUT2D eigenvalue weighted by atomic mass is 10.2. The van der Waals surface area contributed by atoms with Gasteiger partial charge < -0.3 is 14.4 Å². The molecule has 20 heavy (non-hydrogen) atoms. The summed E-state index contributed by atoms with van der Waals surface area (Å²) in [7, 11) is 0. The molecule has 0 saturated heterocycles. The highest BCUT2D eigenvalue weighted by Crippen LogP contribution is 2.23. The number of aromatic nitrogens is 2. The molecule has 0 saturated carbocycles. The number of halogens is 1. The largest absolute Gasteiger partial charge is 0.484 e. The molecule has 2 rings (SSSR count). The Morgan fingerprint density at radius 2 is 2.20 bits per heavy atom. The average molecular weight is 297 g/mol. The van der Waals surface area contributed by atoms with Gasteiger partial charge in [-0.2, -0.15) is 4.98 Å². The first-order valence-corrected chi connectivity index (χ1v) is 6.43. The summed E-state index contributed by atoms with van der Waals surface area (Å²) in [5.41, 5.74) is 0. The molecule has 1 aromatic heterocycles. The van der Waals surface area contributed by atoms with Crippen LogP contribution in [0.5, 0.6) is 5.75 Å². The lowest BCUT2D eigenvalue weighted by Gasteiger charge is -2.04. The van der Waals surface area contributed by atoms with Gasteiger partial charge in [0.1, 0.15) is 5.75 Å². The van der Waals surface area contributed by atoms with Crippen molar-refractivity contribution in [2.24, 2.45) is 0 Å². The maximum Gasteiger partial charge on any atom is 0.303 e. The molecule has 2 aromatic rings. The highest BCUT2D eigenvalue weighted by molar-refractivity contribution is 6.32. The zero-order valence-electron chi connectivity index (χ0n) is 10.6. The minimum atomic E-state index is -0.841. The van der Waals surface area contributed by atoms with Crippen molar-refractivity contribution < 1.29 is 19.2 Å². The van der Waals surface area contributed by atoms with Crippen LogP contribution in [0.15, 0.2) is 28.8 Å². The quantitative estimate of drug-likeness (QED) is 0.845. The Labute approximate surface area is 120 Å². The highest BCUT2D eigenvalue weighted by Gasteiger charge is 2.09. The number of carboxylic acid groups (broad SMARTS) is 1. The van der Waals surface area contributed by atoms with Crippen molar-refractivity contribution in [1.29, 1.82) is 0 Å². The number of hydrogen-bond donors (Lipinski definition) is 1. The van der Waals surface area contributed by atoms with E-state index in [4.69, 9.17) is 26.0 Å². The molecular formula is C13H13ClN2O4. The van der Waals surface area contributed by atoms with E-state index in [-0.39, 0.29) is 13.0 Å². The van der Waals surface area contributed by atoms with Gasteiger partial charge >= 0.3 is 5.97 Å². The minimum absolute atomic E-state index is 0.0772. The molecule has 6 nitrogen and oxygen atoms in total. The second-order valence-corrected chi connectivity index (χ2v) is 4.48. The van der Waals surface area contributed by atoms with Gasteiger partial charge in [-0.1, -0.05) is 28.9 Å². The third-order valence-corrected chi connectivity index (χ3v) is 2.80. The predicted molar refractivity (Wildman–Crippen MR) is 70.7 cm³/mol. The van der Waals surface area contributed by atoms with Gasteiger partial charge in [0.25, 0.3) is 0 Å². The summed E-state index contributed by atoms with van der Waals surface area (Å²) >= 11 is 5.95. The fourth-order valence-electron chi connectivity index (χ4n) is 1.55. The molecule has 0 atom stereocenters. The van der Waals surface area contributed by atoms with Crippen LogP contribution in [0, 0.1) is 0 Å². The first kappa shape index (κ1) is 14.3. The minimum Gasteiger partial charge on any atom is -0.484 e. The number of para-hydroxylation sites is 1. The molecule has 7 heteroatoms. The maximum absolute atomic E-state index is 10.4. The molecule has 0 spiro atoms. The van der Waals surface area contributed by atoms with Crippen LogP contribution in [-0.4, -0.2) is 21.2 Å². The van der Waals surface area contributed by atoms with Crippen molar-refractivity contribution in [3.8, 4) is 5.75 Å². The summed E-state index contributed by atoms with van der Waals surface area (Å²) in [4.78, 5) is 14.5. The van der Waals surface area contributed by atoms with Crippen molar-refractivity contribution in [2.75, 3.05) is 0 Å². The first-order valence-electron chi connectivity index (χ1n) is 6.06. The molecule has 1 N–H and O–H groups in total. The second kappa shape index (κ2) is 6.91. The molecule has 0 radical (unpaired) electrons. The van der Waals surface area contributed by atoms with Crippen molar-refractivity contribution >= 4 is 17.6 Å². The van der Waals surface area contributed by atoms with Gasteiger partial charge in [-0.15, -0.1) is 0 Å². The fourth-order valence-corrected chi connectivity index (χ4v) is 1.74. The summed E-state index contributed by atoms with van der Waals surface area (Å²) in [6.45, 7) is 0.145. The number of aryl methyl sites for hydroxylation is 1. The lowest BCUT2D eigenvalue weighted by Crippen LogP contribution is -1.99. The molecule has 1 aromatic carbocycles. The molecule has 0 aliphatic carbocycles. The van der Waals surface area contributed by atoms with E-state index in [0.717, 1.165) is 0 Å². The van der Waals surface area contributed by atoms with E-state index in [1.807, 2.05) is 12.1 Å². The molecule has 0 amide bonds. The Bertz CT molecular complexity index is 585. The number of aliphatic carboxylic acids is 1. The molecule has 0 aliphatic rings. The maximum atomic E-state index is 10.4. The van der Waals surface area contributed by atoms with E-state index >= 15 is 0 Å². The summed E-state index contributed by atoms with van der Waals surface area (Å²) in [6.07, 6.45) is 0.974. The van der Waals surface area contributed by atoms with Gasteiger partial charge in [0.15, 0.2) is 6.61 Å². The predicted octanol–water partition coefficient (Wildman–Crippen LogP) is 2.71. The topological polar surface area (TPSA) is 85.5 Å². The van der Waals surface area contributed by atoms with Gasteiger partial charge in [-0.25, -0.2) is 0 Å². The number of rotatable bonds is 7. The normalized spacial score (nSPS) is 10.4. The molecular weight excluding hydrogens is 284 g/mol. The molecule has 0 fully saturated rings. The SMILES string of the molecule is O=C(O)CCCc1nc(COc2ccccc2Cl)no1. The van der Waals surface area contributed by atoms with Crippen LogP contribution in [0.1, 0.15) is 24.6 Å². The molecule has 0 bridgehead atoms. The number of nitrogens with zero attached hydrogens (tertiary/aromatic N) is 2. The Balaban J connectivity index is 1.84. The zero-order valence-corrected chi connectivity index (χ0v) is 11.3. The van der Waals surface area contributed by atoms with Crippen LogP contribution in [0.3, 0.4) is 0 Å². The van der Waals surface area contributed by atoms with Crippen LogP contribution in [0.25, 0.3) is 0 Å². The van der Waals surface area contributed by atoms with Crippen LogP contribution in [-0.2, 0) is 17.8 Å². The Morgan fingerprint density at radius 1 is 1.40 bits per heavy atom. The average Bonchev–Trinajstić information content (AvgIpc) is 2.85. The monoisotopic (exact) mass is 296 g/mol. The van der Waals surface area contributed by atoms with E-state index in [2.05, 4.69) is 10.1 Å². The highest BCUT2D eigenvalue weighted by atomic mass is 35.5. The van der Waals surface area contributed by atoms with Gasteiger partial charge in [-0.3, -0.25) is 4.79 Å². The van der Waals surface area contributed by atoms with Crippen LogP contribution in [0.4, 0.5) is 0 Å². The molecule has 106 valence electrons. The third kappa shape index (κ3) is 4.24. The van der Waals surface area contributed by atoms with Crippen molar-refractivity contribution in [3.05, 3.63) is 41.0 Å². The van der Waals surface area contributed by atoms with Gasteiger partial charge in [0.2, 0.25) is 11.7 Å². The van der Waals surface area contributed by atoms with Gasteiger partial charge in [0, 0.05) is 12.8 Å². The van der Waals surface area contributed by atoms with Gasteiger partial charge in [0.05, 0.1) is 5.02 Å². The number of hydrogen-bond acceptors (Lipinski definition) is 5. The molecule has 0 unspecified atom stereocenters. The number of carbonyl (C=O) groups is 1. The third-order valence-electron chi connectivity index (χ3n) is 2.48. The summed E-state index contributed by atoms with van der Waals surface area (Å²) in [6, 6.07) is 7.10. The number of carboxylic acids is 1. The molecule has 0 aliphatic heterocycles. The van der Waals surface area contributed by atoms with Crippen molar-refractivity contribution in [1.82, 2.24) is 10.1 Å². The van der Waals surface area contributed by atoms with E-state index < -0.39 is 5.97 Å². The number of ether oxygens (including phenoxy) is 1. The number of benzene rings is 1. The lowest BCUT2D eigenvalue weighted by molar-refractivity contribution is -0.137. The van der Waals surface area contributed by atoms with E-state index in [1.165, 1.54) is 0 Å². The summed E-state index contributed by atoms with van der Waals surface area (Å²) < 4.78 is 10.5. The van der Waals surface area contributed by atoms with E-state index in [1.54, 1.807) is 12.1 Å². The Hall–Kier alpha value is -2.08. The zero-order chi connectivity index (χ0) is 14.4. The Kier molecular flexibility index (Phi) is 4.95. The second-order valence-electron chi connectivity index (χ2n) is 4.07. The standard InChI is InChI=1S/C13H13ClN2O4/c14-9-4-1-2-5-10(9)19-8-11-15-12(20-16-11)6-3-7-13(17)18/h1-2,4-5H,3,6-8H2,(H,17,18). The van der Waals surface area contributed by atoms with Crippen LogP contribution >= 0.6 is 11.6 Å². The summed E-state index contributed by atoms with van der Waals surface area (Å²) in [5, 5.41) is 12.8. The smallest absolute Gasteiger partial charge is 0.303 e. The van der Waals surface area contributed by atoms with Gasteiger partial charge in [-0.05, 0) is 18.6 Å². The van der Waals surface area contributed by atoms with Crippen molar-refractivity contribution in [2.45, 2.75) is 25.9 Å². The van der Waals surface area contributed by atoms with E-state index in [0.29, 0.717) is 35.3 Å². The molecule has 1 heterocycles. The van der Waals surface area contributed by atoms with Crippen LogP contribution in [0.2, 0.25) is 5.02 Å². The van der Waals surface area contributed by atoms with Crippen molar-refractivity contribution in [3.63, 3.8) is 0 Å². The first-order chi connectivity index (χ1) is 9.65. The Morgan fingerprint density at radius 3 is 2.95 bits per heavy atom. The van der Waals surface area contributed by atoms with E-state index in [9.17, 15) is 4.79 Å². The van der Waals surface area contributed by atoms with Crippen LogP contribution < -0.4 is 4.74 Å². The summed E-state index contributed by atoms with van der Waals surface area (Å²) in [5.74, 6) is 0.512.